The van der Waals surface area contributed by atoms with Crippen LogP contribution in [0.25, 0.3) is 11.1 Å². The highest BCUT2D eigenvalue weighted by Gasteiger charge is 2.12. The summed E-state index contributed by atoms with van der Waals surface area (Å²) in [6, 6.07) is 11.8. The summed E-state index contributed by atoms with van der Waals surface area (Å²) in [6.07, 6.45) is 0.322. The first-order valence-electron chi connectivity index (χ1n) is 5.64. The minimum atomic E-state index is -2.87. The average Bonchev–Trinajstić information content (AvgIpc) is 2.38. The standard InChI is InChI=1S/C14H10BClF2O/c15-8-9-4-5-13(19-14(17)18)12(6-9)10-2-1-3-11(16)7-10/h1-7,14H,8H2. The smallest absolute Gasteiger partial charge is 0.387 e. The molecule has 19 heavy (non-hydrogen) atoms. The predicted molar refractivity (Wildman–Crippen MR) is 73.0 cm³/mol. The van der Waals surface area contributed by atoms with E-state index in [0.29, 0.717) is 22.5 Å². The van der Waals surface area contributed by atoms with Gasteiger partial charge in [-0.1, -0.05) is 41.7 Å². The van der Waals surface area contributed by atoms with Gasteiger partial charge in [0, 0.05) is 10.6 Å². The fourth-order valence-corrected chi connectivity index (χ4v) is 1.97. The Labute approximate surface area is 116 Å². The normalized spacial score (nSPS) is 10.7. The summed E-state index contributed by atoms with van der Waals surface area (Å²) in [6.45, 7) is -2.87. The zero-order valence-electron chi connectivity index (χ0n) is 9.95. The maximum atomic E-state index is 12.4. The van der Waals surface area contributed by atoms with Gasteiger partial charge in [-0.25, -0.2) is 0 Å². The van der Waals surface area contributed by atoms with Crippen LogP contribution in [0.3, 0.4) is 0 Å². The van der Waals surface area contributed by atoms with Crippen molar-refractivity contribution in [3.05, 3.63) is 53.1 Å². The van der Waals surface area contributed by atoms with Gasteiger partial charge in [0.25, 0.3) is 0 Å². The van der Waals surface area contributed by atoms with Gasteiger partial charge in [-0.15, -0.1) is 0 Å². The van der Waals surface area contributed by atoms with Crippen LogP contribution < -0.4 is 4.74 Å². The maximum Gasteiger partial charge on any atom is 0.387 e. The Hall–Kier alpha value is -1.55. The summed E-state index contributed by atoms with van der Waals surface area (Å²) in [7, 11) is 5.56. The molecular formula is C14H10BClF2O. The van der Waals surface area contributed by atoms with Crippen LogP contribution in [0.15, 0.2) is 42.5 Å². The number of rotatable bonds is 4. The molecule has 0 aliphatic rings. The van der Waals surface area contributed by atoms with Crippen molar-refractivity contribution in [3.8, 4) is 16.9 Å². The Kier molecular flexibility index (Phi) is 4.43. The van der Waals surface area contributed by atoms with Crippen molar-refractivity contribution in [2.45, 2.75) is 12.9 Å². The molecule has 0 saturated heterocycles. The molecule has 0 unspecified atom stereocenters. The van der Waals surface area contributed by atoms with E-state index in [1.165, 1.54) is 6.07 Å². The molecule has 1 nitrogen and oxygen atoms in total. The minimum Gasteiger partial charge on any atom is -0.434 e. The van der Waals surface area contributed by atoms with Crippen LogP contribution in [-0.4, -0.2) is 14.5 Å². The van der Waals surface area contributed by atoms with Crippen LogP contribution in [0.5, 0.6) is 5.75 Å². The van der Waals surface area contributed by atoms with Crippen LogP contribution in [-0.2, 0) is 6.32 Å². The summed E-state index contributed by atoms with van der Waals surface area (Å²) >= 11 is 5.91. The molecule has 0 aromatic heterocycles. The average molecular weight is 278 g/mol. The monoisotopic (exact) mass is 278 g/mol. The molecule has 0 N–H and O–H groups in total. The fourth-order valence-electron chi connectivity index (χ4n) is 1.78. The summed E-state index contributed by atoms with van der Waals surface area (Å²) in [5.74, 6) is 0.106. The van der Waals surface area contributed by atoms with Crippen LogP contribution in [0, 0.1) is 0 Å². The molecule has 2 aromatic rings. The Morgan fingerprint density at radius 3 is 2.58 bits per heavy atom. The lowest BCUT2D eigenvalue weighted by atomic mass is 9.93. The molecule has 2 aromatic carbocycles. The molecule has 0 fully saturated rings. The molecule has 2 rings (SSSR count). The van der Waals surface area contributed by atoms with Crippen LogP contribution in [0.1, 0.15) is 5.56 Å². The van der Waals surface area contributed by atoms with Crippen molar-refractivity contribution in [1.29, 1.82) is 0 Å². The van der Waals surface area contributed by atoms with Gasteiger partial charge in [0.1, 0.15) is 5.75 Å². The molecule has 0 atom stereocenters. The first-order chi connectivity index (χ1) is 9.10. The minimum absolute atomic E-state index is 0.106. The highest BCUT2D eigenvalue weighted by Crippen LogP contribution is 2.33. The van der Waals surface area contributed by atoms with E-state index in [1.54, 1.807) is 36.4 Å². The van der Waals surface area contributed by atoms with Gasteiger partial charge in [0.15, 0.2) is 0 Å². The number of ether oxygens (including phenoxy) is 1. The Morgan fingerprint density at radius 1 is 1.16 bits per heavy atom. The van der Waals surface area contributed by atoms with E-state index in [4.69, 9.17) is 19.4 Å². The molecule has 2 radical (unpaired) electrons. The van der Waals surface area contributed by atoms with E-state index in [1.807, 2.05) is 0 Å². The molecule has 0 spiro atoms. The fraction of sp³-hybridized carbons (Fsp3) is 0.143. The second-order valence-corrected chi connectivity index (χ2v) is 4.36. The largest absolute Gasteiger partial charge is 0.434 e. The Bertz CT molecular complexity index is 575. The van der Waals surface area contributed by atoms with Gasteiger partial charge in [0.2, 0.25) is 0 Å². The number of hydrogen-bond acceptors (Lipinski definition) is 1. The summed E-state index contributed by atoms with van der Waals surface area (Å²) in [4.78, 5) is 0. The number of halogens is 3. The summed E-state index contributed by atoms with van der Waals surface area (Å²) in [5.41, 5.74) is 2.08. The quantitative estimate of drug-likeness (QED) is 0.759. The van der Waals surface area contributed by atoms with Crippen molar-refractivity contribution in [2.75, 3.05) is 0 Å². The second kappa shape index (κ2) is 6.07. The topological polar surface area (TPSA) is 9.23 Å². The van der Waals surface area contributed by atoms with Gasteiger partial charge in [0.05, 0.1) is 7.85 Å². The third kappa shape index (κ3) is 3.47. The first-order valence-corrected chi connectivity index (χ1v) is 6.01. The van der Waals surface area contributed by atoms with Crippen molar-refractivity contribution in [2.24, 2.45) is 0 Å². The van der Waals surface area contributed by atoms with E-state index in [-0.39, 0.29) is 5.75 Å². The third-order valence-electron chi connectivity index (χ3n) is 2.63. The summed E-state index contributed by atoms with van der Waals surface area (Å²) < 4.78 is 29.3. The Morgan fingerprint density at radius 2 is 1.95 bits per heavy atom. The van der Waals surface area contributed by atoms with Gasteiger partial charge in [-0.05, 0) is 29.8 Å². The van der Waals surface area contributed by atoms with E-state index < -0.39 is 6.61 Å². The molecule has 0 aliphatic heterocycles. The molecule has 96 valence electrons. The molecule has 0 aliphatic carbocycles. The van der Waals surface area contributed by atoms with Crippen LogP contribution in [0.2, 0.25) is 5.02 Å². The van der Waals surface area contributed by atoms with E-state index in [0.717, 1.165) is 5.56 Å². The predicted octanol–water partition coefficient (Wildman–Crippen LogP) is 4.28. The van der Waals surface area contributed by atoms with Gasteiger partial charge in [-0.3, -0.25) is 0 Å². The molecule has 0 amide bonds. The summed E-state index contributed by atoms with van der Waals surface area (Å²) in [5, 5.41) is 0.527. The van der Waals surface area contributed by atoms with Gasteiger partial charge in [-0.2, -0.15) is 8.78 Å². The van der Waals surface area contributed by atoms with E-state index in [9.17, 15) is 8.78 Å². The first kappa shape index (κ1) is 13.9. The van der Waals surface area contributed by atoms with Crippen molar-refractivity contribution in [1.82, 2.24) is 0 Å². The van der Waals surface area contributed by atoms with Gasteiger partial charge >= 0.3 is 6.61 Å². The highest BCUT2D eigenvalue weighted by molar-refractivity contribution is 6.30. The molecule has 0 heterocycles. The lowest BCUT2D eigenvalue weighted by Gasteiger charge is -2.12. The van der Waals surface area contributed by atoms with Crippen molar-refractivity contribution in [3.63, 3.8) is 0 Å². The number of hydrogen-bond donors (Lipinski definition) is 0. The zero-order chi connectivity index (χ0) is 13.8. The van der Waals surface area contributed by atoms with Crippen LogP contribution in [0.4, 0.5) is 8.78 Å². The van der Waals surface area contributed by atoms with E-state index in [2.05, 4.69) is 4.74 Å². The molecule has 0 saturated carbocycles. The van der Waals surface area contributed by atoms with Crippen molar-refractivity contribution >= 4 is 19.4 Å². The molecule has 0 bridgehead atoms. The van der Waals surface area contributed by atoms with E-state index >= 15 is 0 Å². The number of benzene rings is 2. The van der Waals surface area contributed by atoms with Crippen molar-refractivity contribution < 1.29 is 13.5 Å². The number of alkyl halides is 2. The molecule has 5 heteroatoms. The van der Waals surface area contributed by atoms with Crippen LogP contribution >= 0.6 is 11.6 Å². The Balaban J connectivity index is 2.51. The second-order valence-electron chi connectivity index (χ2n) is 3.92. The lowest BCUT2D eigenvalue weighted by Crippen LogP contribution is -2.03. The molecular weight excluding hydrogens is 268 g/mol. The highest BCUT2D eigenvalue weighted by atomic mass is 35.5. The third-order valence-corrected chi connectivity index (χ3v) is 2.87. The maximum absolute atomic E-state index is 12.4. The van der Waals surface area contributed by atoms with Gasteiger partial charge < -0.3 is 4.74 Å². The SMILES string of the molecule is [B]Cc1ccc(OC(F)F)c(-c2cccc(Cl)c2)c1. The zero-order valence-corrected chi connectivity index (χ0v) is 10.7. The lowest BCUT2D eigenvalue weighted by molar-refractivity contribution is -0.0494.